The third kappa shape index (κ3) is 3.71. The first-order valence-electron chi connectivity index (χ1n) is 4.11. The van der Waals surface area contributed by atoms with Crippen LogP contribution in [0.5, 0.6) is 0 Å². The van der Waals surface area contributed by atoms with Crippen molar-refractivity contribution in [2.24, 2.45) is 10.7 Å². The Morgan fingerprint density at radius 3 is 2.42 bits per heavy atom. The van der Waals surface area contributed by atoms with Crippen molar-refractivity contribution in [3.05, 3.63) is 0 Å². The molecule has 0 aliphatic heterocycles. The van der Waals surface area contributed by atoms with Crippen molar-refractivity contribution in [2.45, 2.75) is 38.2 Å². The van der Waals surface area contributed by atoms with Gasteiger partial charge in [0, 0.05) is 0 Å². The topological polar surface area (TPSA) is 58.6 Å². The van der Waals surface area contributed by atoms with Crippen LogP contribution in [0.25, 0.3) is 0 Å². The van der Waals surface area contributed by atoms with Crippen LogP contribution in [0, 0.1) is 0 Å². The van der Waals surface area contributed by atoms with E-state index in [9.17, 15) is 5.11 Å². The zero-order valence-electron chi connectivity index (χ0n) is 7.42. The molecular weight excluding hydrogens is 267 g/mol. The molecule has 0 aromatic rings. The Morgan fingerprint density at radius 1 is 1.50 bits per heavy atom. The molecule has 72 valence electrons. The molecule has 0 atom stereocenters. The van der Waals surface area contributed by atoms with Gasteiger partial charge in [-0.05, 0) is 19.8 Å². The maximum absolute atomic E-state index is 9.78. The lowest BCUT2D eigenvalue weighted by atomic mass is 10.0. The van der Waals surface area contributed by atoms with E-state index in [1.165, 1.54) is 0 Å². The van der Waals surface area contributed by atoms with Crippen LogP contribution in [-0.4, -0.2) is 23.1 Å². The van der Waals surface area contributed by atoms with Gasteiger partial charge in [0.2, 0.25) is 0 Å². The molecule has 12 heavy (non-hydrogen) atoms. The summed E-state index contributed by atoms with van der Waals surface area (Å²) in [5, 5.41) is 9.78. The highest BCUT2D eigenvalue weighted by molar-refractivity contribution is 14.0. The molecule has 0 aromatic carbocycles. The minimum atomic E-state index is -0.541. The van der Waals surface area contributed by atoms with Gasteiger partial charge in [-0.15, -0.1) is 24.0 Å². The third-order valence-corrected chi connectivity index (χ3v) is 2.16. The van der Waals surface area contributed by atoms with Crippen molar-refractivity contribution >= 4 is 29.8 Å². The molecule has 3 nitrogen and oxygen atoms in total. The number of halogens is 1. The number of amidine groups is 1. The van der Waals surface area contributed by atoms with Gasteiger partial charge in [0.25, 0.3) is 0 Å². The highest BCUT2D eigenvalue weighted by Crippen LogP contribution is 2.29. The summed E-state index contributed by atoms with van der Waals surface area (Å²) in [6.07, 6.45) is 4.00. The van der Waals surface area contributed by atoms with Gasteiger partial charge in [0.15, 0.2) is 0 Å². The Kier molecular flexibility index (Phi) is 5.08. The molecule has 0 amide bonds. The lowest BCUT2D eigenvalue weighted by Gasteiger charge is -2.18. The van der Waals surface area contributed by atoms with Crippen LogP contribution < -0.4 is 5.73 Å². The van der Waals surface area contributed by atoms with E-state index < -0.39 is 5.60 Å². The van der Waals surface area contributed by atoms with E-state index in [1.54, 1.807) is 6.92 Å². The summed E-state index contributed by atoms with van der Waals surface area (Å²) >= 11 is 0. The standard InChI is InChI=1S/C8H16N2O.HI/c1-7(9)10-6-8(11)4-2-3-5-8;/h11H,2-6H2,1H3,(H2,9,10);1H. The van der Waals surface area contributed by atoms with Crippen molar-refractivity contribution in [3.8, 4) is 0 Å². The molecule has 0 aromatic heterocycles. The maximum atomic E-state index is 9.78. The minimum Gasteiger partial charge on any atom is -0.388 e. The van der Waals surface area contributed by atoms with Gasteiger partial charge < -0.3 is 10.8 Å². The van der Waals surface area contributed by atoms with Crippen LogP contribution in [0.3, 0.4) is 0 Å². The van der Waals surface area contributed by atoms with Crippen LogP contribution in [0.2, 0.25) is 0 Å². The molecule has 0 saturated heterocycles. The van der Waals surface area contributed by atoms with Crippen molar-refractivity contribution in [1.82, 2.24) is 0 Å². The second kappa shape index (κ2) is 5.01. The van der Waals surface area contributed by atoms with Gasteiger partial charge in [0.05, 0.1) is 18.0 Å². The van der Waals surface area contributed by atoms with Crippen LogP contribution in [0.4, 0.5) is 0 Å². The van der Waals surface area contributed by atoms with E-state index in [4.69, 9.17) is 5.73 Å². The number of nitrogens with two attached hydrogens (primary N) is 1. The molecule has 1 aliphatic rings. The fourth-order valence-corrected chi connectivity index (χ4v) is 1.46. The van der Waals surface area contributed by atoms with E-state index in [0.717, 1.165) is 25.7 Å². The Morgan fingerprint density at radius 2 is 2.00 bits per heavy atom. The van der Waals surface area contributed by atoms with Crippen molar-refractivity contribution in [3.63, 3.8) is 0 Å². The molecule has 0 heterocycles. The lowest BCUT2D eigenvalue weighted by molar-refractivity contribution is 0.0575. The lowest BCUT2D eigenvalue weighted by Crippen LogP contribution is -2.29. The van der Waals surface area contributed by atoms with Crippen molar-refractivity contribution < 1.29 is 5.11 Å². The Labute approximate surface area is 90.5 Å². The van der Waals surface area contributed by atoms with E-state index in [2.05, 4.69) is 4.99 Å². The van der Waals surface area contributed by atoms with E-state index >= 15 is 0 Å². The van der Waals surface area contributed by atoms with Gasteiger partial charge in [0.1, 0.15) is 0 Å². The van der Waals surface area contributed by atoms with Crippen molar-refractivity contribution in [1.29, 1.82) is 0 Å². The molecule has 4 heteroatoms. The van der Waals surface area contributed by atoms with Crippen LogP contribution >= 0.6 is 24.0 Å². The quantitative estimate of drug-likeness (QED) is 0.456. The van der Waals surface area contributed by atoms with Crippen molar-refractivity contribution in [2.75, 3.05) is 6.54 Å². The zero-order valence-corrected chi connectivity index (χ0v) is 9.75. The number of rotatable bonds is 2. The summed E-state index contributed by atoms with van der Waals surface area (Å²) in [7, 11) is 0. The number of hydrogen-bond donors (Lipinski definition) is 2. The van der Waals surface area contributed by atoms with Crippen LogP contribution in [0.1, 0.15) is 32.6 Å². The average molecular weight is 284 g/mol. The predicted molar refractivity (Wildman–Crippen MR) is 61.0 cm³/mol. The normalized spacial score (nSPS) is 22.0. The Balaban J connectivity index is 0.00000121. The SMILES string of the molecule is CC(N)=NCC1(O)CCCC1.I. The highest BCUT2D eigenvalue weighted by atomic mass is 127. The fraction of sp³-hybridized carbons (Fsp3) is 0.875. The Bertz CT molecular complexity index is 160. The molecule has 1 rings (SSSR count). The number of aliphatic hydroxyl groups is 1. The second-order valence-corrected chi connectivity index (χ2v) is 3.39. The average Bonchev–Trinajstić information content (AvgIpc) is 2.33. The summed E-state index contributed by atoms with van der Waals surface area (Å²) in [6.45, 7) is 2.23. The van der Waals surface area contributed by atoms with Gasteiger partial charge >= 0.3 is 0 Å². The van der Waals surface area contributed by atoms with Crippen LogP contribution in [-0.2, 0) is 0 Å². The zero-order chi connectivity index (χ0) is 8.32. The van der Waals surface area contributed by atoms with E-state index in [0.29, 0.717) is 12.4 Å². The predicted octanol–water partition coefficient (Wildman–Crippen LogP) is 1.29. The molecular formula is C8H17IN2O. The van der Waals surface area contributed by atoms with Gasteiger partial charge in [-0.1, -0.05) is 12.8 Å². The number of nitrogens with zero attached hydrogens (tertiary/aromatic N) is 1. The first-order chi connectivity index (χ1) is 5.12. The minimum absolute atomic E-state index is 0. The Hall–Kier alpha value is 0.160. The van der Waals surface area contributed by atoms with Crippen LogP contribution in [0.15, 0.2) is 4.99 Å². The molecule has 1 fully saturated rings. The summed E-state index contributed by atoms with van der Waals surface area (Å²) in [4.78, 5) is 4.02. The van der Waals surface area contributed by atoms with Gasteiger partial charge in [-0.25, -0.2) is 0 Å². The fourth-order valence-electron chi connectivity index (χ4n) is 1.46. The molecule has 0 radical (unpaired) electrons. The summed E-state index contributed by atoms with van der Waals surface area (Å²) in [6, 6.07) is 0. The third-order valence-electron chi connectivity index (χ3n) is 2.16. The summed E-state index contributed by atoms with van der Waals surface area (Å²) in [5.41, 5.74) is 4.83. The smallest absolute Gasteiger partial charge is 0.0906 e. The highest BCUT2D eigenvalue weighted by Gasteiger charge is 2.30. The number of hydrogen-bond acceptors (Lipinski definition) is 2. The molecule has 0 unspecified atom stereocenters. The first-order valence-corrected chi connectivity index (χ1v) is 4.11. The maximum Gasteiger partial charge on any atom is 0.0906 e. The number of aliphatic imine (C=N–C) groups is 1. The monoisotopic (exact) mass is 284 g/mol. The molecule has 3 N–H and O–H groups in total. The molecule has 1 aliphatic carbocycles. The van der Waals surface area contributed by atoms with E-state index in [-0.39, 0.29) is 24.0 Å². The summed E-state index contributed by atoms with van der Waals surface area (Å²) < 4.78 is 0. The van der Waals surface area contributed by atoms with E-state index in [1.807, 2.05) is 0 Å². The largest absolute Gasteiger partial charge is 0.388 e. The first kappa shape index (κ1) is 12.2. The molecule has 1 saturated carbocycles. The second-order valence-electron chi connectivity index (χ2n) is 3.39. The molecule has 0 bridgehead atoms. The summed E-state index contributed by atoms with van der Waals surface area (Å²) in [5.74, 6) is 0.560. The van der Waals surface area contributed by atoms with Gasteiger partial charge in [-0.2, -0.15) is 0 Å². The molecule has 0 spiro atoms. The van der Waals surface area contributed by atoms with Gasteiger partial charge in [-0.3, -0.25) is 4.99 Å².